The van der Waals surface area contributed by atoms with E-state index in [1.807, 2.05) is 0 Å². The second-order valence-electron chi connectivity index (χ2n) is 7.56. The van der Waals surface area contributed by atoms with Gasteiger partial charge in [0.2, 0.25) is 5.95 Å². The van der Waals surface area contributed by atoms with Crippen molar-refractivity contribution in [3.05, 3.63) is 59.8 Å². The van der Waals surface area contributed by atoms with Gasteiger partial charge in [-0.05, 0) is 36.3 Å². The van der Waals surface area contributed by atoms with Crippen molar-refractivity contribution in [2.45, 2.75) is 13.8 Å². The highest BCUT2D eigenvalue weighted by Crippen LogP contribution is 2.32. The van der Waals surface area contributed by atoms with Crippen LogP contribution in [0.5, 0.6) is 5.75 Å². The van der Waals surface area contributed by atoms with Crippen LogP contribution in [-0.4, -0.2) is 94.6 Å². The van der Waals surface area contributed by atoms with Gasteiger partial charge in [0, 0.05) is 36.3 Å². The van der Waals surface area contributed by atoms with Gasteiger partial charge in [-0.2, -0.15) is 9.78 Å². The molecule has 0 radical (unpaired) electrons. The van der Waals surface area contributed by atoms with Gasteiger partial charge in [-0.15, -0.1) is 0 Å². The Morgan fingerprint density at radius 1 is 1.15 bits per heavy atom. The Morgan fingerprint density at radius 2 is 1.97 bits per heavy atom. The fraction of sp³-hybridized carbons (Fsp3) is 0.280. The number of carbonyl (C=O) groups is 2. The molecule has 1 saturated heterocycles. The van der Waals surface area contributed by atoms with Crippen LogP contribution in [-0.2, 0) is 4.79 Å². The molecule has 0 spiro atoms. The van der Waals surface area contributed by atoms with Crippen LogP contribution >= 0.6 is 0 Å². The molecule has 0 saturated carbocycles. The summed E-state index contributed by atoms with van der Waals surface area (Å²) in [6, 6.07) is -2.79. The fourth-order valence-electron chi connectivity index (χ4n) is 3.47. The monoisotopic (exact) mass is 546 g/mol. The molecule has 5 aromatic rings. The molecule has 0 aliphatic carbocycles. The average molecular weight is 547 g/mol. The van der Waals surface area contributed by atoms with E-state index < -0.39 is 132 Å². The molecule has 1 N–H and O–H groups in total. The maximum atomic E-state index is 14.2. The zero-order valence-electron chi connectivity index (χ0n) is 38.4. The van der Waals surface area contributed by atoms with Gasteiger partial charge in [0.1, 0.15) is 19.2 Å². The topological polar surface area (TPSA) is 153 Å². The lowest BCUT2D eigenvalue weighted by Gasteiger charge is -2.34. The molecule has 14 nitrogen and oxygen atoms in total. The number of amides is 1. The summed E-state index contributed by atoms with van der Waals surface area (Å²) in [5.74, 6) is -7.36. The van der Waals surface area contributed by atoms with Crippen LogP contribution in [0.2, 0.25) is 0 Å². The SMILES string of the molecule is [2H]c1c([2H])c(-n2nnnc2N2C([2H])([2H])C([2H])([2H])N(C(=O)C(=O)c3c[nH]c4c(-n5nc(C([2H])([2H])[2H])nc5[2H])ncc(OC([2H])([2H])[2H])c34)C([2H])([2H])C2([2H])[2H])c([2H])c([2H])c1C. The number of carbonyl (C=O) groups excluding carboxylic acids is 2. The third-order valence-electron chi connectivity index (χ3n) is 5.20. The zero-order chi connectivity index (χ0) is 43.6. The summed E-state index contributed by atoms with van der Waals surface area (Å²) >= 11 is 0. The van der Waals surface area contributed by atoms with Crippen molar-refractivity contribution in [2.75, 3.05) is 37.9 Å². The third kappa shape index (κ3) is 4.24. The minimum absolute atomic E-state index is 0.120. The number of aromatic amines is 1. The number of anilines is 1. The Bertz CT molecular complexity index is 2470. The second kappa shape index (κ2) is 9.63. The first-order chi connectivity index (χ1) is 26.4. The molecule has 0 atom stereocenters. The van der Waals surface area contributed by atoms with Crippen molar-refractivity contribution < 1.29 is 40.4 Å². The fourth-order valence-corrected chi connectivity index (χ4v) is 3.47. The van der Waals surface area contributed by atoms with Crippen molar-refractivity contribution in [1.29, 1.82) is 0 Å². The average Bonchev–Trinajstić information content (AvgIpc) is 3.84. The van der Waals surface area contributed by atoms with Crippen LogP contribution in [0, 0.1) is 13.8 Å². The highest BCUT2D eigenvalue weighted by Gasteiger charge is 2.31. The zero-order valence-corrected chi connectivity index (χ0v) is 19.4. The lowest BCUT2D eigenvalue weighted by molar-refractivity contribution is -0.126. The molecule has 5 heterocycles. The molecular weight excluding hydrogens is 502 g/mol. The summed E-state index contributed by atoms with van der Waals surface area (Å²) in [7, 11) is -3.25. The number of aromatic nitrogens is 9. The quantitative estimate of drug-likeness (QED) is 0.243. The van der Waals surface area contributed by atoms with Crippen LogP contribution < -0.4 is 9.64 Å². The summed E-state index contributed by atoms with van der Waals surface area (Å²) in [6.45, 7) is -17.7. The number of tetrazole rings is 1. The van der Waals surface area contributed by atoms with E-state index in [-0.39, 0.29) is 10.5 Å². The second-order valence-corrected chi connectivity index (χ2v) is 7.56. The number of ether oxygens (including phenoxy) is 1. The number of Topliss-reactive ketones (excluding diaryl/α,β-unsaturated/α-hetero) is 1. The first kappa shape index (κ1) is 10.9. The Labute approximate surface area is 248 Å². The van der Waals surface area contributed by atoms with E-state index in [9.17, 15) is 9.59 Å². The lowest BCUT2D eigenvalue weighted by atomic mass is 10.1. The van der Waals surface area contributed by atoms with Crippen molar-refractivity contribution in [3.8, 4) is 17.3 Å². The van der Waals surface area contributed by atoms with Gasteiger partial charge in [0.15, 0.2) is 5.82 Å². The molecule has 14 heteroatoms. The molecule has 1 aliphatic heterocycles. The minimum Gasteiger partial charge on any atom is -0.494 e. The van der Waals surface area contributed by atoms with E-state index in [0.717, 1.165) is 6.20 Å². The number of aryl methyl sites for hydroxylation is 1. The molecule has 1 fully saturated rings. The summed E-state index contributed by atoms with van der Waals surface area (Å²) < 4.78 is 163. The maximum absolute atomic E-state index is 14.2. The number of pyridine rings is 1. The Morgan fingerprint density at radius 3 is 2.72 bits per heavy atom. The number of hydrogen-bond donors (Lipinski definition) is 1. The smallest absolute Gasteiger partial charge is 0.295 e. The third-order valence-corrected chi connectivity index (χ3v) is 5.20. The summed E-state index contributed by atoms with van der Waals surface area (Å²) in [6.07, 6.45) is 0.616. The number of hydrogen-bond acceptors (Lipinski definition) is 10. The number of nitrogens with zero attached hydrogens (tertiary/aromatic N) is 10. The van der Waals surface area contributed by atoms with Gasteiger partial charge >= 0.3 is 0 Å². The van der Waals surface area contributed by atoms with Crippen LogP contribution in [0.1, 0.15) is 47.8 Å². The Balaban J connectivity index is 1.50. The number of methoxy groups -OCH3 is 1. The highest BCUT2D eigenvalue weighted by molar-refractivity contribution is 6.45. The minimum atomic E-state index is -4.07. The van der Waals surface area contributed by atoms with E-state index in [4.69, 9.17) is 30.8 Å². The number of H-pyrrole nitrogens is 1. The van der Waals surface area contributed by atoms with Crippen molar-refractivity contribution >= 4 is 28.5 Å². The highest BCUT2D eigenvalue weighted by atomic mass is 16.5. The van der Waals surface area contributed by atoms with E-state index in [2.05, 4.69) is 35.6 Å². The molecule has 1 amide bonds. The van der Waals surface area contributed by atoms with E-state index in [1.165, 1.54) is 6.92 Å². The maximum Gasteiger partial charge on any atom is 0.295 e. The number of fused-ring (bicyclic) bond motifs is 1. The van der Waals surface area contributed by atoms with Crippen molar-refractivity contribution in [3.63, 3.8) is 0 Å². The summed E-state index contributed by atoms with van der Waals surface area (Å²) in [5.41, 5.74) is -2.21. The normalized spacial score (nSPS) is 26.6. The van der Waals surface area contributed by atoms with Crippen LogP contribution in [0.4, 0.5) is 5.95 Å². The van der Waals surface area contributed by atoms with E-state index in [0.29, 0.717) is 15.6 Å². The molecule has 6 rings (SSSR count). The lowest BCUT2D eigenvalue weighted by Crippen LogP contribution is -2.51. The van der Waals surface area contributed by atoms with Gasteiger partial charge in [-0.1, -0.05) is 22.7 Å². The first-order valence-corrected chi connectivity index (χ1v) is 10.6. The molecule has 1 aromatic carbocycles. The number of benzene rings is 1. The number of rotatable bonds is 6. The molecule has 0 bridgehead atoms. The first-order valence-electron chi connectivity index (χ1n) is 20.1. The van der Waals surface area contributed by atoms with E-state index >= 15 is 0 Å². The molecule has 4 aromatic heterocycles. The van der Waals surface area contributed by atoms with Crippen molar-refractivity contribution in [2.24, 2.45) is 0 Å². The van der Waals surface area contributed by atoms with E-state index in [1.54, 1.807) is 0 Å². The number of ketones is 1. The molecule has 39 heavy (non-hydrogen) atoms. The van der Waals surface area contributed by atoms with Gasteiger partial charge in [0.25, 0.3) is 11.7 Å². The summed E-state index contributed by atoms with van der Waals surface area (Å²) in [4.78, 5) is 37.3. The Kier molecular flexibility index (Phi) is 2.70. The van der Waals surface area contributed by atoms with Gasteiger partial charge < -0.3 is 19.5 Å². The van der Waals surface area contributed by atoms with Crippen LogP contribution in [0.25, 0.3) is 22.4 Å². The van der Waals surface area contributed by atoms with Gasteiger partial charge in [0.05, 0.1) is 55.9 Å². The Hall–Kier alpha value is -5.14. The number of piperazine rings is 1. The number of nitrogens with one attached hydrogen (secondary N) is 1. The summed E-state index contributed by atoms with van der Waals surface area (Å²) in [5, 5.41) is 13.4. The standard InChI is InChI=1S/C25H25N11O3/c1-15-4-6-17(7-5-15)36-25(29-31-32-36)34-10-8-33(9-11-34)24(38)22(37)18-12-26-21-20(18)19(39-3)13-27-23(21)35-14-28-16(2)30-35/h4-7,12-14,26H,8-11H2,1-3H3/i2D3,3D3,4D,5D,6D,7D,8D2,9D2,10D2,11D2,14D. The van der Waals surface area contributed by atoms with Gasteiger partial charge in [-0.25, -0.2) is 14.6 Å². The molecule has 0 unspecified atom stereocenters. The van der Waals surface area contributed by atoms with Crippen LogP contribution in [0.3, 0.4) is 0 Å². The predicted molar refractivity (Wildman–Crippen MR) is 139 cm³/mol. The van der Waals surface area contributed by atoms with Crippen LogP contribution in [0.15, 0.2) is 42.9 Å². The molecule has 1 aliphatic rings. The largest absolute Gasteiger partial charge is 0.494 e. The molecule has 198 valence electrons. The predicted octanol–water partition coefficient (Wildman–Crippen LogP) is 1.28. The van der Waals surface area contributed by atoms with Gasteiger partial charge in [-0.3, -0.25) is 9.59 Å². The van der Waals surface area contributed by atoms with Crippen molar-refractivity contribution in [1.82, 2.24) is 49.8 Å². The molecular formula is C25H25N11O3.